The van der Waals surface area contributed by atoms with E-state index in [-0.39, 0.29) is 5.91 Å². The van der Waals surface area contributed by atoms with Crippen LogP contribution >= 0.6 is 15.9 Å². The van der Waals surface area contributed by atoms with Gasteiger partial charge < -0.3 is 4.90 Å². The molecule has 1 aromatic heterocycles. The maximum Gasteiger partial charge on any atom is 0.257 e. The number of aromatic nitrogens is 2. The number of likely N-dealkylation sites (tertiary alicyclic amines) is 1. The van der Waals surface area contributed by atoms with Crippen molar-refractivity contribution in [2.24, 2.45) is 7.05 Å². The van der Waals surface area contributed by atoms with E-state index < -0.39 is 0 Å². The topological polar surface area (TPSA) is 38.1 Å². The number of amides is 1. The molecule has 1 unspecified atom stereocenters. The van der Waals surface area contributed by atoms with Gasteiger partial charge in [0.15, 0.2) is 0 Å². The zero-order valence-electron chi connectivity index (χ0n) is 10.3. The average molecular weight is 300 g/mol. The molecular formula is C12H18BrN3O. The van der Waals surface area contributed by atoms with Crippen LogP contribution in [-0.2, 0) is 7.05 Å². The van der Waals surface area contributed by atoms with Gasteiger partial charge in [0.25, 0.3) is 5.91 Å². The van der Waals surface area contributed by atoms with E-state index in [4.69, 9.17) is 0 Å². The third-order valence-corrected chi connectivity index (χ3v) is 4.28. The van der Waals surface area contributed by atoms with E-state index in [0.717, 1.165) is 36.0 Å². The molecule has 1 aromatic rings. The highest BCUT2D eigenvalue weighted by Crippen LogP contribution is 2.22. The Morgan fingerprint density at radius 3 is 2.94 bits per heavy atom. The van der Waals surface area contributed by atoms with Gasteiger partial charge in [-0.25, -0.2) is 0 Å². The number of piperidine rings is 1. The van der Waals surface area contributed by atoms with Gasteiger partial charge in [-0.1, -0.05) is 15.9 Å². The molecule has 1 atom stereocenters. The SMILES string of the molecule is Cc1c(C(=O)N2CCCCC2CBr)cnn1C. The van der Waals surface area contributed by atoms with Crippen LogP contribution in [0.15, 0.2) is 6.20 Å². The molecular weight excluding hydrogens is 282 g/mol. The van der Waals surface area contributed by atoms with Crippen LogP contribution in [0.4, 0.5) is 0 Å². The summed E-state index contributed by atoms with van der Waals surface area (Å²) < 4.78 is 1.75. The highest BCUT2D eigenvalue weighted by Gasteiger charge is 2.28. The van der Waals surface area contributed by atoms with Crippen molar-refractivity contribution in [3.05, 3.63) is 17.5 Å². The number of hydrogen-bond acceptors (Lipinski definition) is 2. The van der Waals surface area contributed by atoms with Crippen LogP contribution in [0.3, 0.4) is 0 Å². The minimum Gasteiger partial charge on any atom is -0.335 e. The summed E-state index contributed by atoms with van der Waals surface area (Å²) in [5.41, 5.74) is 1.68. The van der Waals surface area contributed by atoms with E-state index in [0.29, 0.717) is 6.04 Å². The van der Waals surface area contributed by atoms with Crippen molar-refractivity contribution in [3.63, 3.8) is 0 Å². The molecule has 0 saturated carbocycles. The molecule has 1 aliphatic heterocycles. The second-order valence-corrected chi connectivity index (χ2v) is 5.22. The van der Waals surface area contributed by atoms with E-state index in [1.807, 2.05) is 18.9 Å². The van der Waals surface area contributed by atoms with Crippen LogP contribution in [0.1, 0.15) is 35.3 Å². The second-order valence-electron chi connectivity index (χ2n) is 4.57. The average Bonchev–Trinajstić information content (AvgIpc) is 2.69. The van der Waals surface area contributed by atoms with Gasteiger partial charge in [0.1, 0.15) is 0 Å². The van der Waals surface area contributed by atoms with Gasteiger partial charge >= 0.3 is 0 Å². The summed E-state index contributed by atoms with van der Waals surface area (Å²) in [4.78, 5) is 14.4. The maximum absolute atomic E-state index is 12.5. The predicted octanol–water partition coefficient (Wildman–Crippen LogP) is 2.12. The first-order chi connectivity index (χ1) is 8.15. The van der Waals surface area contributed by atoms with Crippen molar-refractivity contribution in [2.75, 3.05) is 11.9 Å². The lowest BCUT2D eigenvalue weighted by molar-refractivity contribution is 0.0641. The van der Waals surface area contributed by atoms with Gasteiger partial charge in [-0.2, -0.15) is 5.10 Å². The summed E-state index contributed by atoms with van der Waals surface area (Å²) in [5, 5.41) is 5.00. The van der Waals surface area contributed by atoms with E-state index in [1.54, 1.807) is 10.9 Å². The lowest BCUT2D eigenvalue weighted by Gasteiger charge is -2.34. The van der Waals surface area contributed by atoms with Gasteiger partial charge in [0.05, 0.1) is 11.8 Å². The van der Waals surface area contributed by atoms with E-state index in [9.17, 15) is 4.79 Å². The molecule has 0 N–H and O–H groups in total. The number of halogens is 1. The molecule has 0 spiro atoms. The zero-order chi connectivity index (χ0) is 12.4. The number of carbonyl (C=O) groups is 1. The van der Waals surface area contributed by atoms with Crippen LogP contribution in [0.25, 0.3) is 0 Å². The standard InChI is InChI=1S/C12H18BrN3O/c1-9-11(8-14-15(9)2)12(17)16-6-4-3-5-10(16)7-13/h8,10H,3-7H2,1-2H3. The Kier molecular flexibility index (Phi) is 3.86. The van der Waals surface area contributed by atoms with Crippen LogP contribution in [0.2, 0.25) is 0 Å². The highest BCUT2D eigenvalue weighted by molar-refractivity contribution is 9.09. The first-order valence-corrected chi connectivity index (χ1v) is 7.13. The molecule has 4 nitrogen and oxygen atoms in total. The smallest absolute Gasteiger partial charge is 0.257 e. The molecule has 2 heterocycles. The Balaban J connectivity index is 2.21. The minimum absolute atomic E-state index is 0.125. The first-order valence-electron chi connectivity index (χ1n) is 6.00. The van der Waals surface area contributed by atoms with Crippen LogP contribution < -0.4 is 0 Å². The quantitative estimate of drug-likeness (QED) is 0.785. The van der Waals surface area contributed by atoms with Crippen molar-refractivity contribution < 1.29 is 4.79 Å². The van der Waals surface area contributed by atoms with Crippen molar-refractivity contribution in [1.82, 2.24) is 14.7 Å². The molecule has 2 rings (SSSR count). The fraction of sp³-hybridized carbons (Fsp3) is 0.667. The number of aryl methyl sites for hydroxylation is 1. The van der Waals surface area contributed by atoms with Crippen molar-refractivity contribution in [2.45, 2.75) is 32.2 Å². The lowest BCUT2D eigenvalue weighted by Crippen LogP contribution is -2.44. The number of rotatable bonds is 2. The van der Waals surface area contributed by atoms with Crippen LogP contribution in [0.5, 0.6) is 0 Å². The van der Waals surface area contributed by atoms with Gasteiger partial charge in [0.2, 0.25) is 0 Å². The summed E-state index contributed by atoms with van der Waals surface area (Å²) in [7, 11) is 1.87. The molecule has 0 bridgehead atoms. The normalized spacial score (nSPS) is 20.6. The molecule has 0 aromatic carbocycles. The summed E-state index contributed by atoms with van der Waals surface area (Å²) >= 11 is 3.50. The van der Waals surface area contributed by atoms with Crippen molar-refractivity contribution in [1.29, 1.82) is 0 Å². The summed E-state index contributed by atoms with van der Waals surface area (Å²) in [6.45, 7) is 2.80. The molecule has 1 saturated heterocycles. The zero-order valence-corrected chi connectivity index (χ0v) is 11.9. The molecule has 17 heavy (non-hydrogen) atoms. The third kappa shape index (κ3) is 2.39. The molecule has 5 heteroatoms. The van der Waals surface area contributed by atoms with Crippen molar-refractivity contribution in [3.8, 4) is 0 Å². The van der Waals surface area contributed by atoms with Gasteiger partial charge in [-0.3, -0.25) is 9.48 Å². The Morgan fingerprint density at radius 1 is 1.59 bits per heavy atom. The lowest BCUT2D eigenvalue weighted by atomic mass is 10.0. The van der Waals surface area contributed by atoms with Gasteiger partial charge in [-0.05, 0) is 26.2 Å². The molecule has 0 aliphatic carbocycles. The molecule has 94 valence electrons. The highest BCUT2D eigenvalue weighted by atomic mass is 79.9. The number of carbonyl (C=O) groups excluding carboxylic acids is 1. The van der Waals surface area contributed by atoms with Crippen LogP contribution in [-0.4, -0.2) is 38.5 Å². The summed E-state index contributed by atoms with van der Waals surface area (Å²) in [6, 6.07) is 0.329. The Hall–Kier alpha value is -0.840. The number of nitrogens with zero attached hydrogens (tertiary/aromatic N) is 3. The fourth-order valence-corrected chi connectivity index (χ4v) is 2.96. The number of hydrogen-bond donors (Lipinski definition) is 0. The summed E-state index contributed by atoms with van der Waals surface area (Å²) in [5.74, 6) is 0.125. The largest absolute Gasteiger partial charge is 0.335 e. The Bertz CT molecular complexity index is 416. The first kappa shape index (κ1) is 12.6. The Labute approximate surface area is 110 Å². The minimum atomic E-state index is 0.125. The molecule has 1 amide bonds. The molecule has 0 radical (unpaired) electrons. The monoisotopic (exact) mass is 299 g/mol. The number of alkyl halides is 1. The van der Waals surface area contributed by atoms with E-state index in [1.165, 1.54) is 6.42 Å². The second kappa shape index (κ2) is 5.21. The van der Waals surface area contributed by atoms with Gasteiger partial charge in [-0.15, -0.1) is 0 Å². The third-order valence-electron chi connectivity index (χ3n) is 3.53. The summed E-state index contributed by atoms with van der Waals surface area (Å²) in [6.07, 6.45) is 5.09. The maximum atomic E-state index is 12.5. The van der Waals surface area contributed by atoms with Crippen molar-refractivity contribution >= 4 is 21.8 Å². The molecule has 1 fully saturated rings. The molecule has 1 aliphatic rings. The Morgan fingerprint density at radius 2 is 2.35 bits per heavy atom. The van der Waals surface area contributed by atoms with Gasteiger partial charge in [0, 0.05) is 30.7 Å². The van der Waals surface area contributed by atoms with Crippen LogP contribution in [0, 0.1) is 6.92 Å². The van der Waals surface area contributed by atoms with E-state index in [2.05, 4.69) is 21.0 Å². The van der Waals surface area contributed by atoms with E-state index >= 15 is 0 Å². The predicted molar refractivity (Wildman–Crippen MR) is 70.4 cm³/mol. The fourth-order valence-electron chi connectivity index (χ4n) is 2.29.